The summed E-state index contributed by atoms with van der Waals surface area (Å²) >= 11 is 0. The van der Waals surface area contributed by atoms with E-state index in [1.807, 2.05) is 0 Å². The van der Waals surface area contributed by atoms with Gasteiger partial charge in [0.1, 0.15) is 11.9 Å². The monoisotopic (exact) mass is 322 g/mol. The van der Waals surface area contributed by atoms with Gasteiger partial charge in [0.2, 0.25) is 0 Å². The van der Waals surface area contributed by atoms with Crippen molar-refractivity contribution in [3.05, 3.63) is 18.2 Å². The molecule has 1 fully saturated rings. The number of hydrogen-bond donors (Lipinski definition) is 3. The smallest absolute Gasteiger partial charge is 0.414 e. The Morgan fingerprint density at radius 2 is 2.22 bits per heavy atom. The third kappa shape index (κ3) is 3.38. The van der Waals surface area contributed by atoms with Crippen LogP contribution in [0.2, 0.25) is 0 Å². The van der Waals surface area contributed by atoms with Crippen molar-refractivity contribution in [1.29, 1.82) is 0 Å². The van der Waals surface area contributed by atoms with Gasteiger partial charge in [0.25, 0.3) is 5.91 Å². The van der Waals surface area contributed by atoms with E-state index in [4.69, 9.17) is 14.6 Å². The molecular formula is C15H18N2O6. The lowest BCUT2D eigenvalue weighted by Crippen LogP contribution is -2.27. The zero-order chi connectivity index (χ0) is 16.4. The van der Waals surface area contributed by atoms with Gasteiger partial charge >= 0.3 is 6.09 Å². The Morgan fingerprint density at radius 3 is 3.00 bits per heavy atom. The summed E-state index contributed by atoms with van der Waals surface area (Å²) in [5.74, 6) is 0.318. The number of cyclic esters (lactones) is 1. The van der Waals surface area contributed by atoms with Crippen LogP contribution in [0.25, 0.3) is 0 Å². The summed E-state index contributed by atoms with van der Waals surface area (Å²) in [6.07, 6.45) is -0.800. The van der Waals surface area contributed by atoms with E-state index in [0.29, 0.717) is 36.5 Å². The molecule has 1 saturated heterocycles. The highest BCUT2D eigenvalue weighted by Crippen LogP contribution is 2.33. The summed E-state index contributed by atoms with van der Waals surface area (Å²) in [6.45, 7) is 0.0207. The molecule has 2 heterocycles. The molecule has 0 radical (unpaired) electrons. The molecule has 3 rings (SSSR count). The molecule has 124 valence electrons. The Labute approximate surface area is 132 Å². The molecule has 1 aromatic rings. The molecular weight excluding hydrogens is 304 g/mol. The average Bonchev–Trinajstić information content (AvgIpc) is 2.92. The molecule has 23 heavy (non-hydrogen) atoms. The maximum absolute atomic E-state index is 12.0. The van der Waals surface area contributed by atoms with Crippen LogP contribution < -0.4 is 15.0 Å². The minimum Gasteiger partial charge on any atom is -0.482 e. The minimum atomic E-state index is -0.807. The lowest BCUT2D eigenvalue weighted by molar-refractivity contribution is -0.118. The molecule has 0 aliphatic carbocycles. The normalized spacial score (nSPS) is 21.3. The SMILES string of the molecule is O=C1COc2ccc(N3CC(CCC(O)CO)OC3=O)cc2N1. The number of carbonyl (C=O) groups excluding carboxylic acids is 2. The van der Waals surface area contributed by atoms with Crippen LogP contribution in [0.1, 0.15) is 12.8 Å². The van der Waals surface area contributed by atoms with Crippen molar-refractivity contribution in [2.24, 2.45) is 0 Å². The van der Waals surface area contributed by atoms with Crippen molar-refractivity contribution in [3.8, 4) is 5.75 Å². The second-order valence-electron chi connectivity index (χ2n) is 5.55. The fourth-order valence-corrected chi connectivity index (χ4v) is 2.59. The number of aliphatic hydroxyl groups is 2. The molecule has 8 heteroatoms. The van der Waals surface area contributed by atoms with E-state index < -0.39 is 12.2 Å². The number of nitrogens with zero attached hydrogens (tertiary/aromatic N) is 1. The highest BCUT2D eigenvalue weighted by Gasteiger charge is 2.33. The van der Waals surface area contributed by atoms with Crippen LogP contribution in [0.5, 0.6) is 5.75 Å². The van der Waals surface area contributed by atoms with Crippen molar-refractivity contribution in [1.82, 2.24) is 0 Å². The van der Waals surface area contributed by atoms with Gasteiger partial charge in [-0.2, -0.15) is 0 Å². The summed E-state index contributed by atoms with van der Waals surface area (Å²) in [7, 11) is 0. The number of aliphatic hydroxyl groups excluding tert-OH is 2. The van der Waals surface area contributed by atoms with E-state index in [2.05, 4.69) is 5.32 Å². The molecule has 3 N–H and O–H groups in total. The van der Waals surface area contributed by atoms with Crippen LogP contribution in [0, 0.1) is 0 Å². The van der Waals surface area contributed by atoms with E-state index in [0.717, 1.165) is 0 Å². The van der Waals surface area contributed by atoms with E-state index in [9.17, 15) is 14.7 Å². The Morgan fingerprint density at radius 1 is 1.39 bits per heavy atom. The Hall–Kier alpha value is -2.32. The molecule has 2 atom stereocenters. The number of rotatable bonds is 5. The topological polar surface area (TPSA) is 108 Å². The summed E-state index contributed by atoms with van der Waals surface area (Å²) < 4.78 is 10.5. The van der Waals surface area contributed by atoms with Crippen molar-refractivity contribution in [2.75, 3.05) is 30.0 Å². The molecule has 1 aromatic carbocycles. The Kier molecular flexibility index (Phi) is 4.35. The fraction of sp³-hybridized carbons (Fsp3) is 0.467. The lowest BCUT2D eigenvalue weighted by Gasteiger charge is -2.20. The van der Waals surface area contributed by atoms with Crippen molar-refractivity contribution in [2.45, 2.75) is 25.0 Å². The van der Waals surface area contributed by atoms with Gasteiger partial charge in [-0.25, -0.2) is 4.79 Å². The number of anilines is 2. The number of hydrogen-bond acceptors (Lipinski definition) is 6. The number of amides is 2. The van der Waals surface area contributed by atoms with Gasteiger partial charge in [-0.05, 0) is 31.0 Å². The van der Waals surface area contributed by atoms with Gasteiger partial charge in [0.15, 0.2) is 6.61 Å². The van der Waals surface area contributed by atoms with Gasteiger partial charge < -0.3 is 25.0 Å². The first kappa shape index (κ1) is 15.6. The summed E-state index contributed by atoms with van der Waals surface area (Å²) in [5, 5.41) is 20.9. The van der Waals surface area contributed by atoms with E-state index in [1.54, 1.807) is 18.2 Å². The first-order valence-corrected chi connectivity index (χ1v) is 7.40. The number of nitrogens with one attached hydrogen (secondary N) is 1. The van der Waals surface area contributed by atoms with E-state index in [-0.39, 0.29) is 25.2 Å². The molecule has 0 aromatic heterocycles. The highest BCUT2D eigenvalue weighted by atomic mass is 16.6. The van der Waals surface area contributed by atoms with Gasteiger partial charge in [-0.15, -0.1) is 0 Å². The second kappa shape index (κ2) is 6.43. The van der Waals surface area contributed by atoms with Crippen molar-refractivity contribution < 1.29 is 29.3 Å². The fourth-order valence-electron chi connectivity index (χ4n) is 2.59. The number of ether oxygens (including phenoxy) is 2. The molecule has 2 unspecified atom stereocenters. The first-order valence-electron chi connectivity index (χ1n) is 7.40. The third-order valence-corrected chi connectivity index (χ3v) is 3.81. The number of carbonyl (C=O) groups is 2. The average molecular weight is 322 g/mol. The maximum Gasteiger partial charge on any atom is 0.414 e. The van der Waals surface area contributed by atoms with Crippen LogP contribution >= 0.6 is 0 Å². The van der Waals surface area contributed by atoms with Gasteiger partial charge in [0.05, 0.1) is 24.9 Å². The van der Waals surface area contributed by atoms with Crippen LogP contribution in [-0.4, -0.2) is 54.2 Å². The summed E-state index contributed by atoms with van der Waals surface area (Å²) in [6, 6.07) is 5.08. The molecule has 0 saturated carbocycles. The van der Waals surface area contributed by atoms with Crippen LogP contribution in [-0.2, 0) is 9.53 Å². The highest BCUT2D eigenvalue weighted by molar-refractivity contribution is 5.97. The molecule has 2 aliphatic rings. The van der Waals surface area contributed by atoms with Crippen molar-refractivity contribution in [3.63, 3.8) is 0 Å². The zero-order valence-corrected chi connectivity index (χ0v) is 12.4. The summed E-state index contributed by atoms with van der Waals surface area (Å²) in [4.78, 5) is 24.8. The second-order valence-corrected chi connectivity index (χ2v) is 5.55. The standard InChI is InChI=1S/C15H18N2O6/c18-7-10(19)2-3-11-6-17(15(21)23-11)9-1-4-13-12(5-9)16-14(20)8-22-13/h1,4-5,10-11,18-19H,2-3,6-8H2,(H,16,20). The third-order valence-electron chi connectivity index (χ3n) is 3.81. The first-order chi connectivity index (χ1) is 11.1. The molecule has 0 bridgehead atoms. The number of fused-ring (bicyclic) bond motifs is 1. The van der Waals surface area contributed by atoms with Gasteiger partial charge in [-0.3, -0.25) is 9.69 Å². The zero-order valence-electron chi connectivity index (χ0n) is 12.4. The minimum absolute atomic E-state index is 0.0205. The van der Waals surface area contributed by atoms with E-state index >= 15 is 0 Å². The van der Waals surface area contributed by atoms with Crippen LogP contribution in [0.3, 0.4) is 0 Å². The maximum atomic E-state index is 12.0. The lowest BCUT2D eigenvalue weighted by atomic mass is 10.1. The predicted molar refractivity (Wildman–Crippen MR) is 80.5 cm³/mol. The Bertz CT molecular complexity index is 620. The molecule has 8 nitrogen and oxygen atoms in total. The predicted octanol–water partition coefficient (Wildman–Crippen LogP) is 0.476. The summed E-state index contributed by atoms with van der Waals surface area (Å²) in [5.41, 5.74) is 1.12. The number of benzene rings is 1. The van der Waals surface area contributed by atoms with Crippen molar-refractivity contribution >= 4 is 23.4 Å². The quantitative estimate of drug-likeness (QED) is 0.727. The molecule has 0 spiro atoms. The van der Waals surface area contributed by atoms with Gasteiger partial charge in [0, 0.05) is 5.69 Å². The largest absolute Gasteiger partial charge is 0.482 e. The van der Waals surface area contributed by atoms with Gasteiger partial charge in [-0.1, -0.05) is 0 Å². The van der Waals surface area contributed by atoms with Crippen LogP contribution in [0.15, 0.2) is 18.2 Å². The Balaban J connectivity index is 1.68. The van der Waals surface area contributed by atoms with Crippen LogP contribution in [0.4, 0.5) is 16.2 Å². The molecule has 2 amide bonds. The van der Waals surface area contributed by atoms with E-state index in [1.165, 1.54) is 4.90 Å². The molecule has 2 aliphatic heterocycles.